The minimum Gasteiger partial charge on any atom is -0.476 e. The molecule has 0 radical (unpaired) electrons. The number of carboxylic acids is 1. The molecule has 0 atom stereocenters. The molecule has 0 amide bonds. The van der Waals surface area contributed by atoms with Crippen LogP contribution in [-0.4, -0.2) is 25.8 Å². The molecule has 2 heterocycles. The molecule has 0 saturated carbocycles. The lowest BCUT2D eigenvalue weighted by molar-refractivity contribution is 0.0696. The molecule has 7 heteroatoms. The molecule has 0 spiro atoms. The predicted molar refractivity (Wildman–Crippen MR) is 56.3 cm³/mol. The first kappa shape index (κ1) is 10.1. The maximum Gasteiger partial charge on any atom is 0.365 e. The molecule has 15 heavy (non-hydrogen) atoms. The number of aryl methyl sites for hydroxylation is 1. The van der Waals surface area contributed by atoms with Gasteiger partial charge in [0.1, 0.15) is 0 Å². The monoisotopic (exact) mass is 243 g/mol. The maximum atomic E-state index is 10.6. The molecule has 2 aromatic rings. The number of halogens is 1. The van der Waals surface area contributed by atoms with Crippen molar-refractivity contribution in [2.24, 2.45) is 7.05 Å². The van der Waals surface area contributed by atoms with Gasteiger partial charge in [-0.1, -0.05) is 11.6 Å². The smallest absolute Gasteiger partial charge is 0.365 e. The number of thiazole rings is 1. The first-order chi connectivity index (χ1) is 7.09. The Morgan fingerprint density at radius 1 is 1.60 bits per heavy atom. The molecule has 5 nitrogen and oxygen atoms in total. The molecule has 2 rings (SSSR count). The van der Waals surface area contributed by atoms with Crippen molar-refractivity contribution in [1.82, 2.24) is 14.8 Å². The number of carbonyl (C=O) groups is 1. The first-order valence-corrected chi connectivity index (χ1v) is 5.16. The van der Waals surface area contributed by atoms with E-state index in [1.165, 1.54) is 12.4 Å². The lowest BCUT2D eigenvalue weighted by Gasteiger charge is -1.96. The van der Waals surface area contributed by atoms with E-state index in [9.17, 15) is 4.79 Å². The minimum atomic E-state index is -1.04. The van der Waals surface area contributed by atoms with Crippen molar-refractivity contribution in [2.45, 2.75) is 0 Å². The van der Waals surface area contributed by atoms with E-state index >= 15 is 0 Å². The highest BCUT2D eigenvalue weighted by Crippen LogP contribution is 2.31. The second-order valence-corrected chi connectivity index (χ2v) is 4.24. The van der Waals surface area contributed by atoms with Gasteiger partial charge in [0.05, 0.1) is 21.8 Å². The van der Waals surface area contributed by atoms with Crippen LogP contribution >= 0.6 is 22.9 Å². The van der Waals surface area contributed by atoms with E-state index in [0.29, 0.717) is 15.6 Å². The fraction of sp³-hybridized carbons (Fsp3) is 0.125. The summed E-state index contributed by atoms with van der Waals surface area (Å²) in [5.41, 5.74) is 0.682. The summed E-state index contributed by atoms with van der Waals surface area (Å²) in [4.78, 5) is 15.1. The highest BCUT2D eigenvalue weighted by Gasteiger charge is 2.15. The lowest BCUT2D eigenvalue weighted by atomic mass is 10.4. The van der Waals surface area contributed by atoms with Crippen LogP contribution in [0.25, 0.3) is 10.6 Å². The molecule has 2 aromatic heterocycles. The van der Waals surface area contributed by atoms with Gasteiger partial charge in [0.2, 0.25) is 5.01 Å². The Morgan fingerprint density at radius 3 is 2.80 bits per heavy atom. The molecule has 0 aliphatic carbocycles. The van der Waals surface area contributed by atoms with Crippen LogP contribution in [0.2, 0.25) is 5.02 Å². The zero-order valence-corrected chi connectivity index (χ0v) is 9.21. The normalized spacial score (nSPS) is 10.5. The van der Waals surface area contributed by atoms with Gasteiger partial charge in [0.25, 0.3) is 0 Å². The van der Waals surface area contributed by atoms with E-state index in [0.717, 1.165) is 11.3 Å². The van der Waals surface area contributed by atoms with Crippen molar-refractivity contribution in [2.75, 3.05) is 0 Å². The predicted octanol–water partition coefficient (Wildman–Crippen LogP) is 1.90. The van der Waals surface area contributed by atoms with E-state index in [2.05, 4.69) is 10.1 Å². The molecular weight excluding hydrogens is 238 g/mol. The molecule has 0 bridgehead atoms. The van der Waals surface area contributed by atoms with Crippen LogP contribution in [-0.2, 0) is 7.05 Å². The Hall–Kier alpha value is -1.40. The number of hydrogen-bond donors (Lipinski definition) is 1. The highest BCUT2D eigenvalue weighted by atomic mass is 35.5. The summed E-state index contributed by atoms with van der Waals surface area (Å²) in [6.45, 7) is 0. The van der Waals surface area contributed by atoms with Gasteiger partial charge in [-0.25, -0.2) is 9.78 Å². The van der Waals surface area contributed by atoms with Gasteiger partial charge >= 0.3 is 5.97 Å². The Morgan fingerprint density at radius 2 is 2.33 bits per heavy atom. The van der Waals surface area contributed by atoms with Crippen molar-refractivity contribution >= 4 is 28.9 Å². The SMILES string of the molecule is Cn1ncc(Cl)c1-c1cnc(C(=O)O)s1. The fourth-order valence-corrected chi connectivity index (χ4v) is 2.34. The topological polar surface area (TPSA) is 68.0 Å². The summed E-state index contributed by atoms with van der Waals surface area (Å²) in [6.07, 6.45) is 2.99. The van der Waals surface area contributed by atoms with Gasteiger partial charge < -0.3 is 5.11 Å². The van der Waals surface area contributed by atoms with Crippen molar-refractivity contribution in [3.63, 3.8) is 0 Å². The van der Waals surface area contributed by atoms with E-state index in [1.54, 1.807) is 11.7 Å². The van der Waals surface area contributed by atoms with Gasteiger partial charge in [-0.3, -0.25) is 4.68 Å². The van der Waals surface area contributed by atoms with E-state index in [4.69, 9.17) is 16.7 Å². The third-order valence-corrected chi connectivity index (χ3v) is 3.08. The largest absolute Gasteiger partial charge is 0.476 e. The number of carboxylic acid groups (broad SMARTS) is 1. The van der Waals surface area contributed by atoms with Crippen molar-refractivity contribution in [1.29, 1.82) is 0 Å². The van der Waals surface area contributed by atoms with Crippen LogP contribution in [0.4, 0.5) is 0 Å². The number of aromatic carboxylic acids is 1. The Balaban J connectivity index is 2.50. The Kier molecular flexibility index (Phi) is 2.45. The molecule has 0 aliphatic rings. The van der Waals surface area contributed by atoms with Gasteiger partial charge in [-0.2, -0.15) is 5.10 Å². The summed E-state index contributed by atoms with van der Waals surface area (Å²) < 4.78 is 1.58. The summed E-state index contributed by atoms with van der Waals surface area (Å²) in [5.74, 6) is -1.04. The van der Waals surface area contributed by atoms with Crippen LogP contribution in [0.5, 0.6) is 0 Å². The number of rotatable bonds is 2. The van der Waals surface area contributed by atoms with Crippen LogP contribution in [0.3, 0.4) is 0 Å². The molecule has 0 unspecified atom stereocenters. The number of hydrogen-bond acceptors (Lipinski definition) is 4. The number of aromatic nitrogens is 3. The van der Waals surface area contributed by atoms with Gasteiger partial charge in [-0.05, 0) is 0 Å². The van der Waals surface area contributed by atoms with Crippen molar-refractivity contribution in [3.8, 4) is 10.6 Å². The average Bonchev–Trinajstić information content (AvgIpc) is 2.73. The molecule has 0 aliphatic heterocycles. The van der Waals surface area contributed by atoms with Crippen molar-refractivity contribution in [3.05, 3.63) is 22.4 Å². The summed E-state index contributed by atoms with van der Waals surface area (Å²) >= 11 is 6.99. The fourth-order valence-electron chi connectivity index (χ4n) is 1.17. The molecule has 0 fully saturated rings. The highest BCUT2D eigenvalue weighted by molar-refractivity contribution is 7.16. The summed E-state index contributed by atoms with van der Waals surface area (Å²) in [5, 5.41) is 13.2. The number of nitrogens with zero attached hydrogens (tertiary/aromatic N) is 3. The van der Waals surface area contributed by atoms with Gasteiger partial charge in [0.15, 0.2) is 0 Å². The third kappa shape index (κ3) is 1.73. The van der Waals surface area contributed by atoms with Crippen molar-refractivity contribution < 1.29 is 9.90 Å². The second-order valence-electron chi connectivity index (χ2n) is 2.80. The average molecular weight is 244 g/mol. The maximum absolute atomic E-state index is 10.6. The van der Waals surface area contributed by atoms with Crippen LogP contribution in [0.1, 0.15) is 9.80 Å². The summed E-state index contributed by atoms with van der Waals surface area (Å²) in [6, 6.07) is 0. The van der Waals surface area contributed by atoms with E-state index in [1.807, 2.05) is 0 Å². The zero-order valence-electron chi connectivity index (χ0n) is 7.64. The Bertz CT molecular complexity index is 500. The van der Waals surface area contributed by atoms with Crippen LogP contribution < -0.4 is 0 Å². The molecule has 0 aromatic carbocycles. The molecule has 78 valence electrons. The molecular formula is C8H6ClN3O2S. The summed E-state index contributed by atoms with van der Waals surface area (Å²) in [7, 11) is 1.74. The van der Waals surface area contributed by atoms with E-state index < -0.39 is 5.97 Å². The van der Waals surface area contributed by atoms with Crippen LogP contribution in [0.15, 0.2) is 12.4 Å². The third-order valence-electron chi connectivity index (χ3n) is 1.82. The van der Waals surface area contributed by atoms with Crippen LogP contribution in [0, 0.1) is 0 Å². The lowest BCUT2D eigenvalue weighted by Crippen LogP contribution is -1.93. The molecule has 0 saturated heterocycles. The standard InChI is InChI=1S/C8H6ClN3O2S/c1-12-6(4(9)2-11-12)5-3-10-7(15-5)8(13)14/h2-3H,1H3,(H,13,14). The first-order valence-electron chi connectivity index (χ1n) is 3.96. The quantitative estimate of drug-likeness (QED) is 0.875. The van der Waals surface area contributed by atoms with E-state index in [-0.39, 0.29) is 5.01 Å². The second kappa shape index (κ2) is 3.63. The zero-order chi connectivity index (χ0) is 11.0. The van der Waals surface area contributed by atoms with Gasteiger partial charge in [0, 0.05) is 13.2 Å². The Labute approximate surface area is 93.9 Å². The molecule has 1 N–H and O–H groups in total. The van der Waals surface area contributed by atoms with Gasteiger partial charge in [-0.15, -0.1) is 11.3 Å². The minimum absolute atomic E-state index is 0.0438.